The van der Waals surface area contributed by atoms with E-state index in [-0.39, 0.29) is 19.6 Å². The molecular weight excluding hydrogens is 661 g/mol. The smallest absolute Gasteiger partial charge is 0.386 e. The van der Waals surface area contributed by atoms with Crippen LogP contribution >= 0.6 is 15.9 Å². The lowest BCUT2D eigenvalue weighted by molar-refractivity contribution is -0.202. The van der Waals surface area contributed by atoms with Gasteiger partial charge < -0.3 is 25.4 Å². The summed E-state index contributed by atoms with van der Waals surface area (Å²) in [5.74, 6) is -4.64. The van der Waals surface area contributed by atoms with Crippen molar-refractivity contribution in [3.63, 3.8) is 0 Å². The Labute approximate surface area is 266 Å². The van der Waals surface area contributed by atoms with Crippen LogP contribution in [0.5, 0.6) is 0 Å². The highest BCUT2D eigenvalue weighted by molar-refractivity contribution is 9.10. The van der Waals surface area contributed by atoms with E-state index in [1.54, 1.807) is 30.5 Å². The second kappa shape index (κ2) is 17.9. The van der Waals surface area contributed by atoms with Gasteiger partial charge in [-0.2, -0.15) is 13.2 Å². The third kappa shape index (κ3) is 13.1. The van der Waals surface area contributed by atoms with Crippen molar-refractivity contribution in [2.75, 3.05) is 18.5 Å². The van der Waals surface area contributed by atoms with Gasteiger partial charge in [0.2, 0.25) is 11.8 Å². The zero-order valence-corrected chi connectivity index (χ0v) is 25.6. The van der Waals surface area contributed by atoms with E-state index < -0.39 is 48.4 Å². The van der Waals surface area contributed by atoms with Gasteiger partial charge in [-0.05, 0) is 48.2 Å². The first-order chi connectivity index (χ1) is 21.5. The fourth-order valence-corrected chi connectivity index (χ4v) is 4.45. The number of unbranched alkanes of at least 4 members (excludes halogenated alkanes) is 1. The number of ether oxygens (including phenoxy) is 2. The number of hydrogen-bond acceptors (Lipinski definition) is 8. The highest BCUT2D eigenvalue weighted by Gasteiger charge is 2.42. The molecule has 10 nitrogen and oxygen atoms in total. The Morgan fingerprint density at radius 3 is 2.36 bits per heavy atom. The van der Waals surface area contributed by atoms with E-state index in [0.717, 1.165) is 5.56 Å². The van der Waals surface area contributed by atoms with Crippen molar-refractivity contribution >= 4 is 45.5 Å². The van der Waals surface area contributed by atoms with Gasteiger partial charge in [0.05, 0.1) is 25.7 Å². The number of carbonyl (C=O) groups excluding carboxylic acids is 4. The van der Waals surface area contributed by atoms with Gasteiger partial charge in [0.1, 0.15) is 11.9 Å². The average Bonchev–Trinajstić information content (AvgIpc) is 3.00. The molecule has 0 bridgehead atoms. The van der Waals surface area contributed by atoms with Gasteiger partial charge >= 0.3 is 18.1 Å². The van der Waals surface area contributed by atoms with Crippen LogP contribution in [0.25, 0.3) is 0 Å². The summed E-state index contributed by atoms with van der Waals surface area (Å²) in [6.07, 6.45) is -3.25. The average molecular weight is 694 g/mol. The van der Waals surface area contributed by atoms with Crippen molar-refractivity contribution in [2.45, 2.75) is 50.6 Å². The molecule has 0 fully saturated rings. The summed E-state index contributed by atoms with van der Waals surface area (Å²) < 4.78 is 48.2. The van der Waals surface area contributed by atoms with E-state index in [1.807, 2.05) is 42.5 Å². The highest BCUT2D eigenvalue weighted by atomic mass is 79.9. The minimum absolute atomic E-state index is 0.104. The van der Waals surface area contributed by atoms with Crippen molar-refractivity contribution in [3.05, 3.63) is 94.6 Å². The number of rotatable bonds is 16. The lowest BCUT2D eigenvalue weighted by Crippen LogP contribution is -2.50. The van der Waals surface area contributed by atoms with Crippen LogP contribution in [0.1, 0.15) is 42.9 Å². The summed E-state index contributed by atoms with van der Waals surface area (Å²) in [5.41, 5.74) is 1.16. The second-order valence-corrected chi connectivity index (χ2v) is 10.7. The molecule has 0 spiro atoms. The van der Waals surface area contributed by atoms with Gasteiger partial charge in [0.25, 0.3) is 0 Å². The molecule has 240 valence electrons. The largest absolute Gasteiger partial charge is 0.491 e. The molecule has 3 N–H and O–H groups in total. The highest BCUT2D eigenvalue weighted by Crippen LogP contribution is 2.23. The predicted octanol–water partition coefficient (Wildman–Crippen LogP) is 5.01. The Bertz CT molecular complexity index is 1410. The number of nitrogens with zero attached hydrogens (tertiary/aromatic N) is 1. The third-order valence-corrected chi connectivity index (χ3v) is 6.72. The minimum Gasteiger partial charge on any atom is -0.386 e. The van der Waals surface area contributed by atoms with E-state index >= 15 is 0 Å². The first kappa shape index (κ1) is 35.2. The summed E-state index contributed by atoms with van der Waals surface area (Å²) in [4.78, 5) is 53.9. The topological polar surface area (TPSA) is 136 Å². The number of halogens is 4. The fraction of sp³-hybridized carbons (Fsp3) is 0.323. The van der Waals surface area contributed by atoms with E-state index in [0.29, 0.717) is 35.2 Å². The Kier molecular flexibility index (Phi) is 14.0. The standard InChI is InChI=1S/C31H32BrF3N4O6/c32-23-12-8-11-22(17-23)24(18-28(41)45-30(43)31(33,34)35)39-29(42)25(20-44-19-21-9-2-1-3-10-21)38-27(40)14-5-7-16-37-26-13-4-6-15-36-26/h1-4,6,8-13,15,17,24-25H,5,7,14,16,18-20H2,(H,36,37)(H,38,40)(H,39,42). The summed E-state index contributed by atoms with van der Waals surface area (Å²) >= 11 is 3.28. The molecule has 2 atom stereocenters. The summed E-state index contributed by atoms with van der Waals surface area (Å²) in [7, 11) is 0. The predicted molar refractivity (Wildman–Crippen MR) is 161 cm³/mol. The Hall–Kier alpha value is -4.30. The maximum atomic E-state index is 13.5. The number of alkyl halides is 3. The Morgan fingerprint density at radius 2 is 1.67 bits per heavy atom. The zero-order chi connectivity index (χ0) is 32.7. The fourth-order valence-electron chi connectivity index (χ4n) is 4.03. The second-order valence-electron chi connectivity index (χ2n) is 9.80. The molecular formula is C31H32BrF3N4O6. The van der Waals surface area contributed by atoms with Crippen LogP contribution in [0.4, 0.5) is 19.0 Å². The molecule has 2 unspecified atom stereocenters. The molecule has 2 amide bonds. The van der Waals surface area contributed by atoms with Crippen molar-refractivity contribution in [1.29, 1.82) is 0 Å². The Morgan fingerprint density at radius 1 is 0.911 bits per heavy atom. The molecule has 14 heteroatoms. The quantitative estimate of drug-likeness (QED) is 0.108. The van der Waals surface area contributed by atoms with E-state index in [1.165, 1.54) is 6.07 Å². The molecule has 45 heavy (non-hydrogen) atoms. The molecule has 0 aliphatic rings. The van der Waals surface area contributed by atoms with Crippen LogP contribution in [-0.2, 0) is 35.3 Å². The lowest BCUT2D eigenvalue weighted by Gasteiger charge is -2.24. The van der Waals surface area contributed by atoms with Gasteiger partial charge in [0, 0.05) is 23.6 Å². The van der Waals surface area contributed by atoms with Gasteiger partial charge in [0.15, 0.2) is 0 Å². The molecule has 0 saturated heterocycles. The van der Waals surface area contributed by atoms with E-state index in [9.17, 15) is 32.3 Å². The summed E-state index contributed by atoms with van der Waals surface area (Å²) in [6.45, 7) is 0.478. The van der Waals surface area contributed by atoms with Gasteiger partial charge in [-0.1, -0.05) is 64.5 Å². The van der Waals surface area contributed by atoms with Crippen LogP contribution in [0, 0.1) is 0 Å². The molecule has 0 aliphatic heterocycles. The van der Waals surface area contributed by atoms with Crippen LogP contribution in [-0.4, -0.2) is 54.1 Å². The van der Waals surface area contributed by atoms with Crippen molar-refractivity contribution in [3.8, 4) is 0 Å². The van der Waals surface area contributed by atoms with E-state index in [4.69, 9.17) is 4.74 Å². The molecule has 1 heterocycles. The maximum Gasteiger partial charge on any atom is 0.491 e. The first-order valence-electron chi connectivity index (χ1n) is 13.9. The monoisotopic (exact) mass is 692 g/mol. The van der Waals surface area contributed by atoms with E-state index in [2.05, 4.69) is 41.6 Å². The van der Waals surface area contributed by atoms with Gasteiger partial charge in [-0.3, -0.25) is 14.4 Å². The third-order valence-electron chi connectivity index (χ3n) is 6.23. The minimum atomic E-state index is -5.37. The lowest BCUT2D eigenvalue weighted by atomic mass is 10.0. The maximum absolute atomic E-state index is 13.5. The zero-order valence-electron chi connectivity index (χ0n) is 24.0. The van der Waals surface area contributed by atoms with Crippen molar-refractivity contribution in [2.24, 2.45) is 0 Å². The summed E-state index contributed by atoms with van der Waals surface area (Å²) in [5, 5.41) is 8.38. The molecule has 1 aromatic heterocycles. The molecule has 2 aromatic carbocycles. The van der Waals surface area contributed by atoms with Gasteiger partial charge in [-0.15, -0.1) is 0 Å². The molecule has 0 saturated carbocycles. The number of esters is 2. The van der Waals surface area contributed by atoms with Crippen LogP contribution in [0.2, 0.25) is 0 Å². The van der Waals surface area contributed by atoms with Crippen molar-refractivity contribution in [1.82, 2.24) is 15.6 Å². The molecule has 0 aliphatic carbocycles. The number of nitrogens with one attached hydrogen (secondary N) is 3. The number of anilines is 1. The van der Waals surface area contributed by atoms with Crippen LogP contribution < -0.4 is 16.0 Å². The van der Waals surface area contributed by atoms with Crippen LogP contribution in [0.3, 0.4) is 0 Å². The number of pyridine rings is 1. The number of aromatic nitrogens is 1. The van der Waals surface area contributed by atoms with Crippen LogP contribution in [0.15, 0.2) is 83.5 Å². The SMILES string of the molecule is O=C(CCCCNc1ccccn1)NC(COCc1ccccc1)C(=O)NC(CC(=O)OC(=O)C(F)(F)F)c1cccc(Br)c1. The normalized spacial score (nSPS) is 12.4. The summed E-state index contributed by atoms with van der Waals surface area (Å²) in [6, 6.07) is 18.5. The number of hydrogen-bond donors (Lipinski definition) is 3. The molecule has 3 rings (SSSR count). The number of amides is 2. The molecule has 0 radical (unpaired) electrons. The number of carbonyl (C=O) groups is 4. The van der Waals surface area contributed by atoms with Gasteiger partial charge in [-0.25, -0.2) is 9.78 Å². The molecule has 3 aromatic rings. The number of benzene rings is 2. The van der Waals surface area contributed by atoms with Crippen molar-refractivity contribution < 1.29 is 41.8 Å². The Balaban J connectivity index is 1.66. The first-order valence-corrected chi connectivity index (χ1v) is 14.7.